The summed E-state index contributed by atoms with van der Waals surface area (Å²) >= 11 is 0. The fourth-order valence-electron chi connectivity index (χ4n) is 2.87. The van der Waals surface area contributed by atoms with Crippen LogP contribution in [-0.2, 0) is 22.9 Å². The minimum Gasteiger partial charge on any atom is -0.386 e. The molecule has 9 heteroatoms. The van der Waals surface area contributed by atoms with Crippen LogP contribution in [0, 0.1) is 11.3 Å². The minimum absolute atomic E-state index is 0.153. The molecule has 0 spiro atoms. The van der Waals surface area contributed by atoms with Crippen LogP contribution in [0.25, 0.3) is 0 Å². The number of carbonyl (C=O) groups is 1. The number of rotatable bonds is 4. The van der Waals surface area contributed by atoms with Crippen molar-refractivity contribution in [3.05, 3.63) is 52.8 Å². The highest BCUT2D eigenvalue weighted by atomic mass is 32.2. The number of amides is 1. The molecule has 0 bridgehead atoms. The SMILES string of the molecule is CS(=O)(=O)CC(O)c1cc2n(n1)CCN(C(=O)c1ccc(C#N)cc1)C2. The summed E-state index contributed by atoms with van der Waals surface area (Å²) in [5, 5.41) is 23.1. The minimum atomic E-state index is -3.33. The zero-order valence-electron chi connectivity index (χ0n) is 14.2. The predicted octanol–water partition coefficient (Wildman–Crippen LogP) is 0.489. The van der Waals surface area contributed by atoms with E-state index in [0.29, 0.717) is 30.8 Å². The second kappa shape index (κ2) is 6.90. The molecular weight excluding hydrogens is 356 g/mol. The van der Waals surface area contributed by atoms with E-state index in [1.165, 1.54) is 0 Å². The first-order valence-corrected chi connectivity index (χ1v) is 10.0. The molecule has 2 aromatic rings. The molecule has 0 aliphatic carbocycles. The lowest BCUT2D eigenvalue weighted by atomic mass is 10.1. The zero-order valence-corrected chi connectivity index (χ0v) is 15.0. The van der Waals surface area contributed by atoms with Crippen LogP contribution < -0.4 is 0 Å². The van der Waals surface area contributed by atoms with Gasteiger partial charge in [0.15, 0.2) is 0 Å². The molecule has 1 aromatic heterocycles. The largest absolute Gasteiger partial charge is 0.386 e. The number of hydrogen-bond acceptors (Lipinski definition) is 6. The Morgan fingerprint density at radius 1 is 1.35 bits per heavy atom. The van der Waals surface area contributed by atoms with Gasteiger partial charge in [-0.15, -0.1) is 0 Å². The number of benzene rings is 1. The first-order chi connectivity index (χ1) is 12.3. The van der Waals surface area contributed by atoms with Gasteiger partial charge in [-0.25, -0.2) is 8.42 Å². The number of aromatic nitrogens is 2. The van der Waals surface area contributed by atoms with Crippen LogP contribution in [0.15, 0.2) is 30.3 Å². The Balaban J connectivity index is 1.75. The van der Waals surface area contributed by atoms with Gasteiger partial charge in [0.1, 0.15) is 15.9 Å². The molecule has 1 atom stereocenters. The third kappa shape index (κ3) is 3.92. The van der Waals surface area contributed by atoms with Crippen LogP contribution in [0.5, 0.6) is 0 Å². The standard InChI is InChI=1S/C17H18N4O4S/c1-26(24,25)11-16(22)15-8-14-10-20(6-7-21(14)19-15)17(23)13-4-2-12(9-18)3-5-13/h2-5,8,16,22H,6-7,10-11H2,1H3. The summed E-state index contributed by atoms with van der Waals surface area (Å²) in [5.74, 6) is -0.544. The topological polar surface area (TPSA) is 116 Å². The van der Waals surface area contributed by atoms with E-state index < -0.39 is 21.7 Å². The lowest BCUT2D eigenvalue weighted by molar-refractivity contribution is 0.0705. The number of hydrogen-bond donors (Lipinski definition) is 1. The summed E-state index contributed by atoms with van der Waals surface area (Å²) in [7, 11) is -3.33. The Bertz CT molecular complexity index is 973. The second-order valence-electron chi connectivity index (χ2n) is 6.31. The molecular formula is C17H18N4O4S. The van der Waals surface area contributed by atoms with Gasteiger partial charge in [0.25, 0.3) is 5.91 Å². The molecule has 0 fully saturated rings. The number of sulfone groups is 1. The van der Waals surface area contributed by atoms with E-state index in [-0.39, 0.29) is 11.6 Å². The van der Waals surface area contributed by atoms with Gasteiger partial charge in [-0.2, -0.15) is 10.4 Å². The lowest BCUT2D eigenvalue weighted by Crippen LogP contribution is -2.38. The van der Waals surface area contributed by atoms with Gasteiger partial charge in [0.2, 0.25) is 0 Å². The van der Waals surface area contributed by atoms with Gasteiger partial charge in [-0.3, -0.25) is 9.48 Å². The average Bonchev–Trinajstić information content (AvgIpc) is 3.03. The highest BCUT2D eigenvalue weighted by Crippen LogP contribution is 2.20. The molecule has 0 saturated heterocycles. The molecule has 0 radical (unpaired) electrons. The van der Waals surface area contributed by atoms with Crippen LogP contribution in [0.3, 0.4) is 0 Å². The highest BCUT2D eigenvalue weighted by molar-refractivity contribution is 7.90. The van der Waals surface area contributed by atoms with E-state index in [1.807, 2.05) is 6.07 Å². The molecule has 3 rings (SSSR count). The molecule has 1 aromatic carbocycles. The zero-order chi connectivity index (χ0) is 18.9. The molecule has 26 heavy (non-hydrogen) atoms. The van der Waals surface area contributed by atoms with Crippen molar-refractivity contribution in [3.8, 4) is 6.07 Å². The molecule has 1 amide bonds. The molecule has 136 valence electrons. The van der Waals surface area contributed by atoms with Crippen molar-refractivity contribution >= 4 is 15.7 Å². The van der Waals surface area contributed by atoms with E-state index >= 15 is 0 Å². The third-order valence-corrected chi connectivity index (χ3v) is 5.09. The summed E-state index contributed by atoms with van der Waals surface area (Å²) < 4.78 is 24.4. The number of nitriles is 1. The molecule has 1 aliphatic rings. The maximum absolute atomic E-state index is 12.6. The summed E-state index contributed by atoms with van der Waals surface area (Å²) in [6, 6.07) is 10.1. The van der Waals surface area contributed by atoms with Crippen LogP contribution >= 0.6 is 0 Å². The molecule has 0 saturated carbocycles. The van der Waals surface area contributed by atoms with Crippen LogP contribution in [0.2, 0.25) is 0 Å². The number of nitrogens with zero attached hydrogens (tertiary/aromatic N) is 4. The molecule has 1 N–H and O–H groups in total. The molecule has 1 aliphatic heterocycles. The Morgan fingerprint density at radius 2 is 2.04 bits per heavy atom. The van der Waals surface area contributed by atoms with E-state index in [2.05, 4.69) is 5.10 Å². The van der Waals surface area contributed by atoms with Crippen LogP contribution in [-0.4, -0.2) is 52.7 Å². The fraction of sp³-hybridized carbons (Fsp3) is 0.353. The van der Waals surface area contributed by atoms with Crippen molar-refractivity contribution in [2.75, 3.05) is 18.6 Å². The maximum Gasteiger partial charge on any atom is 0.254 e. The highest BCUT2D eigenvalue weighted by Gasteiger charge is 2.25. The van der Waals surface area contributed by atoms with E-state index in [4.69, 9.17) is 5.26 Å². The van der Waals surface area contributed by atoms with Crippen molar-refractivity contribution in [2.24, 2.45) is 0 Å². The first-order valence-electron chi connectivity index (χ1n) is 7.98. The Labute approximate surface area is 151 Å². The van der Waals surface area contributed by atoms with Crippen molar-refractivity contribution in [3.63, 3.8) is 0 Å². The number of aliphatic hydroxyl groups excluding tert-OH is 1. The number of aliphatic hydroxyl groups is 1. The second-order valence-corrected chi connectivity index (χ2v) is 8.49. The van der Waals surface area contributed by atoms with Gasteiger partial charge < -0.3 is 10.0 Å². The third-order valence-electron chi connectivity index (χ3n) is 4.17. The Kier molecular flexibility index (Phi) is 4.80. The summed E-state index contributed by atoms with van der Waals surface area (Å²) in [6.45, 7) is 1.23. The quantitative estimate of drug-likeness (QED) is 0.832. The summed E-state index contributed by atoms with van der Waals surface area (Å²) in [5.41, 5.74) is 2.01. The number of fused-ring (bicyclic) bond motifs is 1. The average molecular weight is 374 g/mol. The van der Waals surface area contributed by atoms with E-state index in [9.17, 15) is 18.3 Å². The van der Waals surface area contributed by atoms with Crippen molar-refractivity contribution in [2.45, 2.75) is 19.2 Å². The van der Waals surface area contributed by atoms with E-state index in [0.717, 1.165) is 11.9 Å². The van der Waals surface area contributed by atoms with Crippen molar-refractivity contribution in [1.82, 2.24) is 14.7 Å². The number of carbonyl (C=O) groups excluding carboxylic acids is 1. The van der Waals surface area contributed by atoms with E-state index in [1.54, 1.807) is 39.9 Å². The van der Waals surface area contributed by atoms with Gasteiger partial charge in [-0.1, -0.05) is 0 Å². The normalized spacial score (nSPS) is 15.2. The summed E-state index contributed by atoms with van der Waals surface area (Å²) in [6.07, 6.45) is -0.129. The van der Waals surface area contributed by atoms with Crippen molar-refractivity contribution < 1.29 is 18.3 Å². The van der Waals surface area contributed by atoms with Crippen LogP contribution in [0.4, 0.5) is 0 Å². The Hall–Kier alpha value is -2.70. The lowest BCUT2D eigenvalue weighted by Gasteiger charge is -2.27. The predicted molar refractivity (Wildman–Crippen MR) is 92.8 cm³/mol. The van der Waals surface area contributed by atoms with Gasteiger partial charge in [0, 0.05) is 18.4 Å². The summed E-state index contributed by atoms with van der Waals surface area (Å²) in [4.78, 5) is 14.3. The van der Waals surface area contributed by atoms with Gasteiger partial charge in [-0.05, 0) is 30.3 Å². The van der Waals surface area contributed by atoms with Crippen molar-refractivity contribution in [1.29, 1.82) is 5.26 Å². The fourth-order valence-corrected chi connectivity index (χ4v) is 3.61. The van der Waals surface area contributed by atoms with Crippen LogP contribution in [0.1, 0.15) is 33.4 Å². The smallest absolute Gasteiger partial charge is 0.254 e. The molecule has 1 unspecified atom stereocenters. The Morgan fingerprint density at radius 3 is 2.65 bits per heavy atom. The van der Waals surface area contributed by atoms with Gasteiger partial charge >= 0.3 is 0 Å². The first kappa shape index (κ1) is 18.1. The molecule has 8 nitrogen and oxygen atoms in total. The monoisotopic (exact) mass is 374 g/mol. The molecule has 2 heterocycles. The maximum atomic E-state index is 12.6. The van der Waals surface area contributed by atoms with Gasteiger partial charge in [0.05, 0.1) is 41.9 Å².